The molecule has 0 heterocycles. The molecule has 20 heavy (non-hydrogen) atoms. The van der Waals surface area contributed by atoms with Gasteiger partial charge in [-0.1, -0.05) is 25.5 Å². The smallest absolute Gasteiger partial charge is 0.221 e. The third kappa shape index (κ3) is 5.70. The second kappa shape index (κ2) is 8.92. The van der Waals surface area contributed by atoms with Gasteiger partial charge in [-0.2, -0.15) is 5.26 Å². The first-order chi connectivity index (χ1) is 9.67. The number of hydrogen-bond donors (Lipinski definition) is 1. The van der Waals surface area contributed by atoms with E-state index >= 15 is 0 Å². The number of amides is 1. The van der Waals surface area contributed by atoms with E-state index in [0.717, 1.165) is 6.42 Å². The molecule has 1 rings (SSSR count). The Labute approximate surface area is 118 Å². The van der Waals surface area contributed by atoms with Crippen LogP contribution in [0.25, 0.3) is 0 Å². The van der Waals surface area contributed by atoms with E-state index in [-0.39, 0.29) is 24.7 Å². The quantitative estimate of drug-likeness (QED) is 0.744. The number of carbonyl (C=O) groups excluding carboxylic acids is 1. The standard InChI is InChI=1S/C15H19FN2O2/c1-2-6-12(11-17)18-15(19)9-5-10-20-14-8-4-3-7-13(14)16/h3-4,7-8,12H,2,5-6,9-10H2,1H3,(H,18,19)/t12-/m0/s1. The number of nitrogens with one attached hydrogen (secondary N) is 1. The summed E-state index contributed by atoms with van der Waals surface area (Å²) < 4.78 is 18.5. The van der Waals surface area contributed by atoms with Crippen LogP contribution in [0.5, 0.6) is 5.75 Å². The average Bonchev–Trinajstić information content (AvgIpc) is 2.45. The third-order valence-corrected chi connectivity index (χ3v) is 2.71. The molecule has 0 saturated heterocycles. The van der Waals surface area contributed by atoms with E-state index in [2.05, 4.69) is 5.32 Å². The highest BCUT2D eigenvalue weighted by molar-refractivity contribution is 5.76. The van der Waals surface area contributed by atoms with Crippen LogP contribution in [0.2, 0.25) is 0 Å². The van der Waals surface area contributed by atoms with Crippen molar-refractivity contribution in [2.45, 2.75) is 38.6 Å². The van der Waals surface area contributed by atoms with Gasteiger partial charge in [0.05, 0.1) is 12.7 Å². The van der Waals surface area contributed by atoms with E-state index in [1.54, 1.807) is 18.2 Å². The Bertz CT molecular complexity index is 471. The van der Waals surface area contributed by atoms with E-state index in [0.29, 0.717) is 12.8 Å². The van der Waals surface area contributed by atoms with Gasteiger partial charge in [0.1, 0.15) is 6.04 Å². The van der Waals surface area contributed by atoms with Gasteiger partial charge in [0, 0.05) is 6.42 Å². The van der Waals surface area contributed by atoms with Gasteiger partial charge in [-0.3, -0.25) is 4.79 Å². The summed E-state index contributed by atoms with van der Waals surface area (Å²) in [5, 5.41) is 11.5. The molecule has 0 unspecified atom stereocenters. The predicted molar refractivity (Wildman–Crippen MR) is 73.6 cm³/mol. The lowest BCUT2D eigenvalue weighted by Gasteiger charge is -2.10. The highest BCUT2D eigenvalue weighted by Gasteiger charge is 2.10. The molecule has 4 nitrogen and oxygen atoms in total. The number of halogens is 1. The molecular formula is C15H19FN2O2. The van der Waals surface area contributed by atoms with Crippen LogP contribution < -0.4 is 10.1 Å². The zero-order valence-corrected chi connectivity index (χ0v) is 11.6. The summed E-state index contributed by atoms with van der Waals surface area (Å²) in [6, 6.07) is 7.76. The van der Waals surface area contributed by atoms with Crippen LogP contribution >= 0.6 is 0 Å². The molecule has 0 saturated carbocycles. The predicted octanol–water partition coefficient (Wildman–Crippen LogP) is 2.79. The lowest BCUT2D eigenvalue weighted by Crippen LogP contribution is -2.33. The molecule has 1 amide bonds. The van der Waals surface area contributed by atoms with Crippen molar-refractivity contribution < 1.29 is 13.9 Å². The van der Waals surface area contributed by atoms with Crippen LogP contribution in [-0.2, 0) is 4.79 Å². The fraction of sp³-hybridized carbons (Fsp3) is 0.467. The largest absolute Gasteiger partial charge is 0.491 e. The Morgan fingerprint density at radius 2 is 2.25 bits per heavy atom. The topological polar surface area (TPSA) is 62.1 Å². The minimum absolute atomic E-state index is 0.179. The van der Waals surface area contributed by atoms with Crippen LogP contribution in [0.15, 0.2) is 24.3 Å². The second-order valence-corrected chi connectivity index (χ2v) is 4.42. The maximum absolute atomic E-state index is 13.2. The number of para-hydroxylation sites is 1. The minimum atomic E-state index is -0.431. The first kappa shape index (κ1) is 16.0. The van der Waals surface area contributed by atoms with Crippen molar-refractivity contribution in [2.75, 3.05) is 6.61 Å². The van der Waals surface area contributed by atoms with Crippen molar-refractivity contribution in [1.82, 2.24) is 5.32 Å². The lowest BCUT2D eigenvalue weighted by molar-refractivity contribution is -0.121. The van der Waals surface area contributed by atoms with Gasteiger partial charge in [-0.25, -0.2) is 4.39 Å². The van der Waals surface area contributed by atoms with Crippen LogP contribution in [0.1, 0.15) is 32.6 Å². The molecule has 0 aromatic heterocycles. The number of benzene rings is 1. The highest BCUT2D eigenvalue weighted by Crippen LogP contribution is 2.15. The van der Waals surface area contributed by atoms with Crippen molar-refractivity contribution >= 4 is 5.91 Å². The highest BCUT2D eigenvalue weighted by atomic mass is 19.1. The van der Waals surface area contributed by atoms with Gasteiger partial charge in [0.2, 0.25) is 5.91 Å². The van der Waals surface area contributed by atoms with E-state index in [4.69, 9.17) is 10.00 Å². The van der Waals surface area contributed by atoms with Gasteiger partial charge in [0.15, 0.2) is 11.6 Å². The van der Waals surface area contributed by atoms with Gasteiger partial charge >= 0.3 is 0 Å². The molecule has 1 aromatic rings. The van der Waals surface area contributed by atoms with Crippen LogP contribution in [0.3, 0.4) is 0 Å². The summed E-state index contributed by atoms with van der Waals surface area (Å²) in [5.41, 5.74) is 0. The number of nitrogens with zero attached hydrogens (tertiary/aromatic N) is 1. The summed E-state index contributed by atoms with van der Waals surface area (Å²) in [5.74, 6) is -0.402. The molecule has 5 heteroatoms. The third-order valence-electron chi connectivity index (χ3n) is 2.71. The zero-order valence-electron chi connectivity index (χ0n) is 11.6. The zero-order chi connectivity index (χ0) is 14.8. The number of carbonyl (C=O) groups is 1. The molecule has 0 spiro atoms. The minimum Gasteiger partial charge on any atom is -0.491 e. The molecule has 1 aromatic carbocycles. The Balaban J connectivity index is 2.23. The average molecular weight is 278 g/mol. The summed E-state index contributed by atoms with van der Waals surface area (Å²) in [6.07, 6.45) is 2.23. The fourth-order valence-corrected chi connectivity index (χ4v) is 1.70. The number of rotatable bonds is 8. The first-order valence-corrected chi connectivity index (χ1v) is 6.73. The summed E-state index contributed by atoms with van der Waals surface area (Å²) >= 11 is 0. The van der Waals surface area contributed by atoms with Crippen molar-refractivity contribution in [1.29, 1.82) is 5.26 Å². The molecule has 1 atom stereocenters. The molecule has 0 aliphatic carbocycles. The van der Waals surface area contributed by atoms with Crippen LogP contribution in [0, 0.1) is 17.1 Å². The van der Waals surface area contributed by atoms with Gasteiger partial charge < -0.3 is 10.1 Å². The van der Waals surface area contributed by atoms with Crippen molar-refractivity contribution in [2.24, 2.45) is 0 Å². The van der Waals surface area contributed by atoms with Gasteiger partial charge in [0.25, 0.3) is 0 Å². The number of hydrogen-bond acceptors (Lipinski definition) is 3. The molecule has 108 valence electrons. The molecular weight excluding hydrogens is 259 g/mol. The maximum Gasteiger partial charge on any atom is 0.221 e. The van der Waals surface area contributed by atoms with Crippen molar-refractivity contribution in [3.63, 3.8) is 0 Å². The second-order valence-electron chi connectivity index (χ2n) is 4.42. The molecule has 0 aliphatic rings. The Hall–Kier alpha value is -2.09. The molecule has 0 fully saturated rings. The number of nitriles is 1. The van der Waals surface area contributed by atoms with Gasteiger partial charge in [-0.15, -0.1) is 0 Å². The summed E-state index contributed by atoms with van der Waals surface area (Å²) in [7, 11) is 0. The summed E-state index contributed by atoms with van der Waals surface area (Å²) in [6.45, 7) is 2.22. The monoisotopic (exact) mass is 278 g/mol. The van der Waals surface area contributed by atoms with Crippen molar-refractivity contribution in [3.8, 4) is 11.8 Å². The molecule has 0 radical (unpaired) electrons. The van der Waals surface area contributed by atoms with E-state index in [1.165, 1.54) is 6.07 Å². The molecule has 1 N–H and O–H groups in total. The lowest BCUT2D eigenvalue weighted by atomic mass is 10.2. The molecule has 0 bridgehead atoms. The van der Waals surface area contributed by atoms with Crippen LogP contribution in [-0.4, -0.2) is 18.6 Å². The van der Waals surface area contributed by atoms with Gasteiger partial charge in [-0.05, 0) is 25.0 Å². The van der Waals surface area contributed by atoms with E-state index in [9.17, 15) is 9.18 Å². The normalized spacial score (nSPS) is 11.4. The van der Waals surface area contributed by atoms with Crippen LogP contribution in [0.4, 0.5) is 4.39 Å². The first-order valence-electron chi connectivity index (χ1n) is 6.73. The van der Waals surface area contributed by atoms with Crippen molar-refractivity contribution in [3.05, 3.63) is 30.1 Å². The maximum atomic E-state index is 13.2. The molecule has 0 aliphatic heterocycles. The SMILES string of the molecule is CCC[C@@H](C#N)NC(=O)CCCOc1ccccc1F. The summed E-state index contributed by atoms with van der Waals surface area (Å²) in [4.78, 5) is 11.6. The van der Waals surface area contributed by atoms with E-state index < -0.39 is 11.9 Å². The Morgan fingerprint density at radius 1 is 1.50 bits per heavy atom. The fourth-order valence-electron chi connectivity index (χ4n) is 1.70. The Kier molecular flexibility index (Phi) is 7.12. The number of ether oxygens (including phenoxy) is 1. The Morgan fingerprint density at radius 3 is 2.90 bits per heavy atom. The van der Waals surface area contributed by atoms with E-state index in [1.807, 2.05) is 13.0 Å².